The lowest BCUT2D eigenvalue weighted by Crippen LogP contribution is -2.15. The van der Waals surface area contributed by atoms with E-state index in [1.807, 2.05) is 6.07 Å². The molecule has 0 aliphatic heterocycles. The van der Waals surface area contributed by atoms with Crippen molar-refractivity contribution in [3.8, 4) is 0 Å². The van der Waals surface area contributed by atoms with Crippen molar-refractivity contribution in [3.05, 3.63) is 35.9 Å². The highest BCUT2D eigenvalue weighted by Crippen LogP contribution is 2.00. The molecule has 6 heteroatoms. The lowest BCUT2D eigenvalue weighted by molar-refractivity contribution is -0.142. The Morgan fingerprint density at radius 1 is 1.25 bits per heavy atom. The first-order chi connectivity index (χ1) is 7.47. The minimum atomic E-state index is -4.07. The van der Waals surface area contributed by atoms with Gasteiger partial charge in [0.1, 0.15) is 12.4 Å². The maximum absolute atomic E-state index is 11.2. The first kappa shape index (κ1) is 12.7. The molecule has 88 valence electrons. The second-order valence-corrected chi connectivity index (χ2v) is 4.74. The quantitative estimate of drug-likeness (QED) is 0.608. The normalized spacial score (nSPS) is 11.1. The summed E-state index contributed by atoms with van der Waals surface area (Å²) >= 11 is 0. The topological polar surface area (TPSA) is 80.7 Å². The van der Waals surface area contributed by atoms with Gasteiger partial charge in [0.05, 0.1) is 6.42 Å². The van der Waals surface area contributed by atoms with Gasteiger partial charge in [0, 0.05) is 0 Å². The summed E-state index contributed by atoms with van der Waals surface area (Å²) in [6.45, 7) is -0.329. The number of esters is 1. The van der Waals surface area contributed by atoms with E-state index in [1.165, 1.54) is 0 Å². The molecular formula is C10H12O5S. The molecule has 0 saturated heterocycles. The Kier molecular flexibility index (Phi) is 4.45. The minimum absolute atomic E-state index is 0.0896. The molecule has 0 aliphatic rings. The molecule has 0 aromatic heterocycles. The van der Waals surface area contributed by atoms with Crippen molar-refractivity contribution in [2.45, 2.75) is 6.42 Å². The lowest BCUT2D eigenvalue weighted by Gasteiger charge is -2.03. The van der Waals surface area contributed by atoms with Gasteiger partial charge in [-0.2, -0.15) is 8.42 Å². The van der Waals surface area contributed by atoms with Gasteiger partial charge in [-0.05, 0) is 5.56 Å². The predicted octanol–water partition coefficient (Wildman–Crippen LogP) is 0.660. The van der Waals surface area contributed by atoms with Crippen molar-refractivity contribution < 1.29 is 22.5 Å². The molecule has 0 radical (unpaired) electrons. The number of benzene rings is 1. The van der Waals surface area contributed by atoms with Gasteiger partial charge in [0.15, 0.2) is 0 Å². The van der Waals surface area contributed by atoms with Gasteiger partial charge in [-0.15, -0.1) is 0 Å². The Balaban J connectivity index is 2.32. The summed E-state index contributed by atoms with van der Waals surface area (Å²) in [4.78, 5) is 11.2. The van der Waals surface area contributed by atoms with E-state index in [2.05, 4.69) is 4.74 Å². The van der Waals surface area contributed by atoms with E-state index in [1.54, 1.807) is 24.3 Å². The van der Waals surface area contributed by atoms with Crippen molar-refractivity contribution in [1.82, 2.24) is 0 Å². The third-order valence-electron chi connectivity index (χ3n) is 1.80. The van der Waals surface area contributed by atoms with E-state index in [9.17, 15) is 13.2 Å². The van der Waals surface area contributed by atoms with Crippen LogP contribution in [-0.2, 0) is 26.1 Å². The van der Waals surface area contributed by atoms with Crippen LogP contribution in [0.15, 0.2) is 30.3 Å². The average molecular weight is 244 g/mol. The predicted molar refractivity (Wildman–Crippen MR) is 57.5 cm³/mol. The van der Waals surface area contributed by atoms with Crippen LogP contribution in [0.25, 0.3) is 0 Å². The summed E-state index contributed by atoms with van der Waals surface area (Å²) < 4.78 is 33.7. The van der Waals surface area contributed by atoms with E-state index < -0.39 is 21.8 Å². The van der Waals surface area contributed by atoms with Crippen LogP contribution >= 0.6 is 0 Å². The van der Waals surface area contributed by atoms with Crippen molar-refractivity contribution in [3.63, 3.8) is 0 Å². The van der Waals surface area contributed by atoms with E-state index in [0.29, 0.717) is 0 Å². The molecule has 1 aromatic rings. The summed E-state index contributed by atoms with van der Waals surface area (Å²) in [5.74, 6) is -1.09. The summed E-state index contributed by atoms with van der Waals surface area (Å²) in [6.07, 6.45) is 0.0896. The fraction of sp³-hybridized carbons (Fsp3) is 0.300. The van der Waals surface area contributed by atoms with Crippen LogP contribution in [0.5, 0.6) is 0 Å². The molecule has 5 nitrogen and oxygen atoms in total. The van der Waals surface area contributed by atoms with Gasteiger partial charge in [0.25, 0.3) is 10.1 Å². The van der Waals surface area contributed by atoms with Gasteiger partial charge in [0.2, 0.25) is 0 Å². The fourth-order valence-electron chi connectivity index (χ4n) is 1.07. The third-order valence-corrected chi connectivity index (χ3v) is 2.48. The molecule has 0 unspecified atom stereocenters. The highest BCUT2D eigenvalue weighted by Gasteiger charge is 2.08. The Hall–Kier alpha value is -1.40. The van der Waals surface area contributed by atoms with Crippen LogP contribution < -0.4 is 0 Å². The number of hydrogen-bond acceptors (Lipinski definition) is 4. The Morgan fingerprint density at radius 2 is 1.88 bits per heavy atom. The maximum Gasteiger partial charge on any atom is 0.310 e. The van der Waals surface area contributed by atoms with Gasteiger partial charge in [-0.3, -0.25) is 9.35 Å². The molecule has 1 N–H and O–H groups in total. The highest BCUT2D eigenvalue weighted by atomic mass is 32.2. The molecule has 0 atom stereocenters. The van der Waals surface area contributed by atoms with Crippen molar-refractivity contribution >= 4 is 16.1 Å². The van der Waals surface area contributed by atoms with Crippen LogP contribution in [0.4, 0.5) is 0 Å². The summed E-state index contributed by atoms with van der Waals surface area (Å²) in [5.41, 5.74) is 0.791. The second kappa shape index (κ2) is 5.62. The largest absolute Gasteiger partial charge is 0.464 e. The van der Waals surface area contributed by atoms with E-state index in [4.69, 9.17) is 4.55 Å². The molecule has 0 bridgehead atoms. The molecule has 1 rings (SSSR count). The SMILES string of the molecule is O=C(Cc1ccccc1)OCCS(=O)(=O)O. The Labute approximate surface area is 93.8 Å². The molecule has 0 aliphatic carbocycles. The zero-order valence-electron chi connectivity index (χ0n) is 8.50. The van der Waals surface area contributed by atoms with Crippen LogP contribution in [0.2, 0.25) is 0 Å². The van der Waals surface area contributed by atoms with E-state index in [-0.39, 0.29) is 13.0 Å². The summed E-state index contributed by atoms with van der Waals surface area (Å²) in [7, 11) is -4.07. The first-order valence-electron chi connectivity index (χ1n) is 4.62. The monoisotopic (exact) mass is 244 g/mol. The number of ether oxygens (including phenoxy) is 1. The number of rotatable bonds is 5. The van der Waals surface area contributed by atoms with Gasteiger partial charge in [-0.1, -0.05) is 30.3 Å². The standard InChI is InChI=1S/C10H12O5S/c11-10(15-6-7-16(12,13)14)8-9-4-2-1-3-5-9/h1-5H,6-8H2,(H,12,13,14). The zero-order chi connectivity index (χ0) is 12.0. The summed E-state index contributed by atoms with van der Waals surface area (Å²) in [5, 5.41) is 0. The fourth-order valence-corrected chi connectivity index (χ4v) is 1.37. The highest BCUT2D eigenvalue weighted by molar-refractivity contribution is 7.85. The third kappa shape index (κ3) is 5.47. The van der Waals surface area contributed by atoms with Gasteiger partial charge < -0.3 is 4.74 Å². The Bertz CT molecular complexity index is 438. The van der Waals surface area contributed by atoms with Crippen LogP contribution in [0, 0.1) is 0 Å². The smallest absolute Gasteiger partial charge is 0.310 e. The molecule has 0 fully saturated rings. The molecular weight excluding hydrogens is 232 g/mol. The minimum Gasteiger partial charge on any atom is -0.464 e. The number of hydrogen-bond donors (Lipinski definition) is 1. The molecule has 1 aromatic carbocycles. The summed E-state index contributed by atoms with van der Waals surface area (Å²) in [6, 6.07) is 8.95. The maximum atomic E-state index is 11.2. The first-order valence-corrected chi connectivity index (χ1v) is 6.23. The van der Waals surface area contributed by atoms with E-state index >= 15 is 0 Å². The average Bonchev–Trinajstić information content (AvgIpc) is 2.17. The lowest BCUT2D eigenvalue weighted by atomic mass is 10.2. The van der Waals surface area contributed by atoms with Crippen LogP contribution in [0.1, 0.15) is 5.56 Å². The van der Waals surface area contributed by atoms with E-state index in [0.717, 1.165) is 5.56 Å². The zero-order valence-corrected chi connectivity index (χ0v) is 9.31. The Morgan fingerprint density at radius 3 is 2.44 bits per heavy atom. The van der Waals surface area contributed by atoms with Crippen molar-refractivity contribution in [2.24, 2.45) is 0 Å². The molecule has 0 spiro atoms. The number of carbonyl (C=O) groups excluding carboxylic acids is 1. The molecule has 0 heterocycles. The van der Waals surface area contributed by atoms with Crippen molar-refractivity contribution in [1.29, 1.82) is 0 Å². The van der Waals surface area contributed by atoms with Crippen LogP contribution in [-0.4, -0.2) is 31.3 Å². The molecule has 0 amide bonds. The molecule has 0 saturated carbocycles. The van der Waals surface area contributed by atoms with Crippen LogP contribution in [0.3, 0.4) is 0 Å². The van der Waals surface area contributed by atoms with Gasteiger partial charge >= 0.3 is 5.97 Å². The van der Waals surface area contributed by atoms with Gasteiger partial charge in [-0.25, -0.2) is 0 Å². The second-order valence-electron chi connectivity index (χ2n) is 3.17. The number of carbonyl (C=O) groups is 1. The molecule has 16 heavy (non-hydrogen) atoms. The van der Waals surface area contributed by atoms with Crippen molar-refractivity contribution in [2.75, 3.05) is 12.4 Å².